The lowest BCUT2D eigenvalue weighted by Crippen LogP contribution is -2.20. The molecule has 2 aromatic rings. The lowest BCUT2D eigenvalue weighted by atomic mass is 10.1. The molecule has 1 aromatic carbocycles. The molecule has 98 valence electrons. The summed E-state index contributed by atoms with van der Waals surface area (Å²) in [5.41, 5.74) is 0.476. The van der Waals surface area contributed by atoms with E-state index in [4.69, 9.17) is 16.3 Å². The number of aromatic nitrogens is 1. The van der Waals surface area contributed by atoms with Gasteiger partial charge in [0.1, 0.15) is 18.3 Å². The Kier molecular flexibility index (Phi) is 4.36. The molecule has 1 unspecified atom stereocenters. The molecule has 0 saturated carbocycles. The van der Waals surface area contributed by atoms with E-state index < -0.39 is 11.9 Å². The van der Waals surface area contributed by atoms with Gasteiger partial charge in [0, 0.05) is 11.2 Å². The van der Waals surface area contributed by atoms with Gasteiger partial charge in [0.05, 0.1) is 5.69 Å². The molecule has 2 rings (SSSR count). The van der Waals surface area contributed by atoms with Gasteiger partial charge in [-0.1, -0.05) is 17.7 Å². The highest BCUT2D eigenvalue weighted by Gasteiger charge is 2.21. The van der Waals surface area contributed by atoms with Crippen molar-refractivity contribution in [1.82, 2.24) is 4.98 Å². The Balaban J connectivity index is 2.06. The van der Waals surface area contributed by atoms with Crippen molar-refractivity contribution < 1.29 is 14.6 Å². The third-order valence-electron chi connectivity index (χ3n) is 2.57. The van der Waals surface area contributed by atoms with E-state index in [1.54, 1.807) is 48.7 Å². The maximum atomic E-state index is 11.2. The van der Waals surface area contributed by atoms with Crippen molar-refractivity contribution in [2.75, 3.05) is 6.61 Å². The van der Waals surface area contributed by atoms with Crippen molar-refractivity contribution in [1.29, 1.82) is 0 Å². The molecule has 0 radical (unpaired) electrons. The lowest BCUT2D eigenvalue weighted by molar-refractivity contribution is -0.139. The summed E-state index contributed by atoms with van der Waals surface area (Å²) in [5.74, 6) is -1.18. The number of carbonyl (C=O) groups is 1. The fraction of sp³-hybridized carbons (Fsp3) is 0.143. The van der Waals surface area contributed by atoms with Gasteiger partial charge in [-0.2, -0.15) is 0 Å². The van der Waals surface area contributed by atoms with E-state index >= 15 is 0 Å². The number of carboxylic acid groups (broad SMARTS) is 1. The zero-order valence-electron chi connectivity index (χ0n) is 9.99. The largest absolute Gasteiger partial charge is 0.492 e. The van der Waals surface area contributed by atoms with Gasteiger partial charge in [0.25, 0.3) is 0 Å². The van der Waals surface area contributed by atoms with E-state index in [1.165, 1.54) is 0 Å². The average Bonchev–Trinajstić information content (AvgIpc) is 2.42. The van der Waals surface area contributed by atoms with Crippen LogP contribution in [0.25, 0.3) is 0 Å². The quantitative estimate of drug-likeness (QED) is 0.913. The molecule has 19 heavy (non-hydrogen) atoms. The van der Waals surface area contributed by atoms with E-state index in [-0.39, 0.29) is 6.61 Å². The van der Waals surface area contributed by atoms with Crippen LogP contribution >= 0.6 is 11.6 Å². The molecule has 0 spiro atoms. The number of aliphatic carboxylic acids is 1. The van der Waals surface area contributed by atoms with E-state index in [0.717, 1.165) is 0 Å². The van der Waals surface area contributed by atoms with E-state index in [1.807, 2.05) is 0 Å². The Morgan fingerprint density at radius 3 is 2.58 bits per heavy atom. The summed E-state index contributed by atoms with van der Waals surface area (Å²) in [6, 6.07) is 11.9. The number of pyridine rings is 1. The minimum absolute atomic E-state index is 0.0218. The summed E-state index contributed by atoms with van der Waals surface area (Å²) in [7, 11) is 0. The number of hydrogen-bond donors (Lipinski definition) is 1. The van der Waals surface area contributed by atoms with Gasteiger partial charge >= 0.3 is 5.97 Å². The minimum atomic E-state index is -0.965. The molecular formula is C14H12ClNO3. The molecule has 0 saturated heterocycles. The van der Waals surface area contributed by atoms with Crippen molar-refractivity contribution >= 4 is 17.6 Å². The standard InChI is InChI=1S/C14H12ClNO3/c15-10-4-6-11(7-5-10)19-9-12(14(17)18)13-3-1-2-8-16-13/h1-8,12H,9H2,(H,17,18). The minimum Gasteiger partial charge on any atom is -0.492 e. The van der Waals surface area contributed by atoms with Gasteiger partial charge in [0.2, 0.25) is 0 Å². The third-order valence-corrected chi connectivity index (χ3v) is 2.83. The Hall–Kier alpha value is -2.07. The van der Waals surface area contributed by atoms with Gasteiger partial charge in [-0.15, -0.1) is 0 Å². The zero-order valence-corrected chi connectivity index (χ0v) is 10.7. The number of benzene rings is 1. The van der Waals surface area contributed by atoms with Crippen molar-refractivity contribution in [2.24, 2.45) is 0 Å². The van der Waals surface area contributed by atoms with Gasteiger partial charge < -0.3 is 9.84 Å². The molecule has 4 nitrogen and oxygen atoms in total. The molecule has 0 aliphatic heterocycles. The SMILES string of the molecule is O=C(O)C(COc1ccc(Cl)cc1)c1ccccn1. The zero-order chi connectivity index (χ0) is 13.7. The number of halogens is 1. The molecule has 0 bridgehead atoms. The van der Waals surface area contributed by atoms with Gasteiger partial charge in [-0.3, -0.25) is 9.78 Å². The molecule has 0 aliphatic carbocycles. The highest BCUT2D eigenvalue weighted by Crippen LogP contribution is 2.19. The Bertz CT molecular complexity index is 542. The summed E-state index contributed by atoms with van der Waals surface area (Å²) in [4.78, 5) is 15.3. The summed E-state index contributed by atoms with van der Waals surface area (Å²) in [6.45, 7) is 0.0218. The first-order valence-corrected chi connectivity index (χ1v) is 6.06. The van der Waals surface area contributed by atoms with Crippen molar-refractivity contribution in [3.05, 3.63) is 59.4 Å². The maximum Gasteiger partial charge on any atom is 0.316 e. The van der Waals surface area contributed by atoms with E-state index in [0.29, 0.717) is 16.5 Å². The van der Waals surface area contributed by atoms with Crippen LogP contribution in [-0.2, 0) is 4.79 Å². The Labute approximate surface area is 115 Å². The molecule has 1 aromatic heterocycles. The van der Waals surface area contributed by atoms with Crippen LogP contribution in [0.2, 0.25) is 5.02 Å². The number of hydrogen-bond acceptors (Lipinski definition) is 3. The Morgan fingerprint density at radius 2 is 2.00 bits per heavy atom. The van der Waals surface area contributed by atoms with E-state index in [9.17, 15) is 9.90 Å². The van der Waals surface area contributed by atoms with Gasteiger partial charge in [-0.05, 0) is 36.4 Å². The normalized spacial score (nSPS) is 11.8. The first-order valence-electron chi connectivity index (χ1n) is 5.69. The van der Waals surface area contributed by atoms with Crippen LogP contribution in [0.4, 0.5) is 0 Å². The Morgan fingerprint density at radius 1 is 1.26 bits per heavy atom. The van der Waals surface area contributed by atoms with Crippen molar-refractivity contribution in [3.63, 3.8) is 0 Å². The topological polar surface area (TPSA) is 59.4 Å². The number of nitrogens with zero attached hydrogens (tertiary/aromatic N) is 1. The molecule has 1 heterocycles. The lowest BCUT2D eigenvalue weighted by Gasteiger charge is -2.13. The second kappa shape index (κ2) is 6.20. The molecule has 0 fully saturated rings. The summed E-state index contributed by atoms with van der Waals surface area (Å²) < 4.78 is 5.46. The monoisotopic (exact) mass is 277 g/mol. The van der Waals surface area contributed by atoms with Crippen LogP contribution in [0.3, 0.4) is 0 Å². The molecule has 1 N–H and O–H groups in total. The molecule has 0 aliphatic rings. The average molecular weight is 278 g/mol. The number of rotatable bonds is 5. The molecule has 0 amide bonds. The van der Waals surface area contributed by atoms with Crippen LogP contribution in [0.5, 0.6) is 5.75 Å². The smallest absolute Gasteiger partial charge is 0.316 e. The highest BCUT2D eigenvalue weighted by molar-refractivity contribution is 6.30. The summed E-state index contributed by atoms with van der Waals surface area (Å²) >= 11 is 5.76. The van der Waals surface area contributed by atoms with Crippen LogP contribution in [0, 0.1) is 0 Å². The maximum absolute atomic E-state index is 11.2. The van der Waals surface area contributed by atoms with Crippen molar-refractivity contribution in [2.45, 2.75) is 5.92 Å². The first kappa shape index (κ1) is 13.4. The summed E-state index contributed by atoms with van der Waals surface area (Å²) in [6.07, 6.45) is 1.56. The van der Waals surface area contributed by atoms with Crippen LogP contribution in [0.1, 0.15) is 11.6 Å². The van der Waals surface area contributed by atoms with Crippen LogP contribution < -0.4 is 4.74 Å². The predicted octanol–water partition coefficient (Wildman–Crippen LogP) is 2.98. The van der Waals surface area contributed by atoms with Crippen molar-refractivity contribution in [3.8, 4) is 5.75 Å². The predicted molar refractivity (Wildman–Crippen MR) is 71.6 cm³/mol. The molecule has 5 heteroatoms. The van der Waals surface area contributed by atoms with Crippen LogP contribution in [-0.4, -0.2) is 22.7 Å². The number of ether oxygens (including phenoxy) is 1. The second-order valence-corrected chi connectivity index (χ2v) is 4.35. The number of carboxylic acids is 1. The second-order valence-electron chi connectivity index (χ2n) is 3.91. The fourth-order valence-electron chi connectivity index (χ4n) is 1.58. The van der Waals surface area contributed by atoms with Crippen LogP contribution in [0.15, 0.2) is 48.7 Å². The molecule has 1 atom stereocenters. The molecular weight excluding hydrogens is 266 g/mol. The third kappa shape index (κ3) is 3.69. The van der Waals surface area contributed by atoms with Gasteiger partial charge in [-0.25, -0.2) is 0 Å². The van der Waals surface area contributed by atoms with Gasteiger partial charge in [0.15, 0.2) is 0 Å². The first-order chi connectivity index (χ1) is 9.16. The summed E-state index contributed by atoms with van der Waals surface area (Å²) in [5, 5.41) is 9.81. The highest BCUT2D eigenvalue weighted by atomic mass is 35.5. The fourth-order valence-corrected chi connectivity index (χ4v) is 1.70. The van der Waals surface area contributed by atoms with E-state index in [2.05, 4.69) is 4.98 Å².